The summed E-state index contributed by atoms with van der Waals surface area (Å²) in [7, 11) is 0. The molecule has 5 nitrogen and oxygen atoms in total. The predicted molar refractivity (Wildman–Crippen MR) is 71.2 cm³/mol. The van der Waals surface area contributed by atoms with E-state index in [-0.39, 0.29) is 36.3 Å². The second kappa shape index (κ2) is 5.97. The van der Waals surface area contributed by atoms with Crippen molar-refractivity contribution in [1.82, 2.24) is 4.90 Å². The molecule has 1 aliphatic heterocycles. The number of esters is 1. The highest BCUT2D eigenvalue weighted by Crippen LogP contribution is 2.22. The summed E-state index contributed by atoms with van der Waals surface area (Å²) < 4.78 is 4.86. The highest BCUT2D eigenvalue weighted by molar-refractivity contribution is 9.09. The minimum atomic E-state index is -0.359. The fourth-order valence-corrected chi connectivity index (χ4v) is 2.05. The highest BCUT2D eigenvalue weighted by atomic mass is 79.9. The standard InChI is InChI=1S/C13H12BrNO4/c14-8-11(16)19-7-3-6-15-12(17)9-4-1-2-5-10(9)13(15)18/h1-2,4-5H,3,6-8H2. The number of carbonyl (C=O) groups is 3. The Morgan fingerprint density at radius 3 is 2.26 bits per heavy atom. The zero-order chi connectivity index (χ0) is 13.8. The SMILES string of the molecule is O=C(CBr)OCCCN1C(=O)c2ccccc2C1=O. The van der Waals surface area contributed by atoms with Gasteiger partial charge in [0, 0.05) is 6.54 Å². The molecule has 0 aliphatic carbocycles. The lowest BCUT2D eigenvalue weighted by Crippen LogP contribution is -2.31. The van der Waals surface area contributed by atoms with Gasteiger partial charge < -0.3 is 4.74 Å². The molecule has 19 heavy (non-hydrogen) atoms. The van der Waals surface area contributed by atoms with Gasteiger partial charge in [0.1, 0.15) is 5.33 Å². The van der Waals surface area contributed by atoms with Gasteiger partial charge in [-0.2, -0.15) is 0 Å². The van der Waals surface area contributed by atoms with Crippen LogP contribution in [0.2, 0.25) is 0 Å². The summed E-state index contributed by atoms with van der Waals surface area (Å²) in [5.41, 5.74) is 0.870. The van der Waals surface area contributed by atoms with Gasteiger partial charge in [0.25, 0.3) is 11.8 Å². The number of rotatable bonds is 5. The molecule has 0 radical (unpaired) electrons. The molecule has 2 amide bonds. The van der Waals surface area contributed by atoms with Crippen LogP contribution in [0.25, 0.3) is 0 Å². The summed E-state index contributed by atoms with van der Waals surface area (Å²) in [5, 5.41) is 0.139. The average Bonchev–Trinajstić information content (AvgIpc) is 2.68. The lowest BCUT2D eigenvalue weighted by Gasteiger charge is -2.13. The molecule has 2 rings (SSSR count). The van der Waals surface area contributed by atoms with Crippen molar-refractivity contribution < 1.29 is 19.1 Å². The lowest BCUT2D eigenvalue weighted by atomic mass is 10.1. The van der Waals surface area contributed by atoms with Crippen LogP contribution < -0.4 is 0 Å². The van der Waals surface area contributed by atoms with Crippen LogP contribution in [0.4, 0.5) is 0 Å². The number of alkyl halides is 1. The van der Waals surface area contributed by atoms with Gasteiger partial charge in [-0.3, -0.25) is 19.3 Å². The number of hydrogen-bond acceptors (Lipinski definition) is 4. The fourth-order valence-electron chi connectivity index (χ4n) is 1.89. The number of ether oxygens (including phenoxy) is 1. The summed E-state index contributed by atoms with van der Waals surface area (Å²) >= 11 is 2.98. The smallest absolute Gasteiger partial charge is 0.316 e. The molecule has 1 aromatic carbocycles. The summed E-state index contributed by atoms with van der Waals surface area (Å²) in [6.07, 6.45) is 0.435. The molecular formula is C13H12BrNO4. The van der Waals surface area contributed by atoms with E-state index in [1.54, 1.807) is 24.3 Å². The molecule has 0 atom stereocenters. The monoisotopic (exact) mass is 325 g/mol. The third kappa shape index (κ3) is 2.84. The van der Waals surface area contributed by atoms with Crippen LogP contribution in [0.1, 0.15) is 27.1 Å². The van der Waals surface area contributed by atoms with Crippen LogP contribution in [0, 0.1) is 0 Å². The molecule has 0 bridgehead atoms. The van der Waals surface area contributed by atoms with Gasteiger partial charge >= 0.3 is 5.97 Å². The van der Waals surface area contributed by atoms with Crippen molar-refractivity contribution in [3.63, 3.8) is 0 Å². The van der Waals surface area contributed by atoms with Crippen molar-refractivity contribution in [3.8, 4) is 0 Å². The fraction of sp³-hybridized carbons (Fsp3) is 0.308. The Morgan fingerprint density at radius 2 is 1.74 bits per heavy atom. The molecule has 100 valence electrons. The number of hydrogen-bond donors (Lipinski definition) is 0. The van der Waals surface area contributed by atoms with Gasteiger partial charge in [0.05, 0.1) is 17.7 Å². The van der Waals surface area contributed by atoms with Gasteiger partial charge in [0.2, 0.25) is 0 Å². The van der Waals surface area contributed by atoms with Crippen molar-refractivity contribution in [2.45, 2.75) is 6.42 Å². The molecule has 1 heterocycles. The van der Waals surface area contributed by atoms with Gasteiger partial charge in [-0.1, -0.05) is 28.1 Å². The molecule has 0 unspecified atom stereocenters. The van der Waals surface area contributed by atoms with E-state index in [0.29, 0.717) is 17.5 Å². The van der Waals surface area contributed by atoms with E-state index in [9.17, 15) is 14.4 Å². The number of fused-ring (bicyclic) bond motifs is 1. The van der Waals surface area contributed by atoms with Crippen molar-refractivity contribution >= 4 is 33.7 Å². The average molecular weight is 326 g/mol. The van der Waals surface area contributed by atoms with Gasteiger partial charge in [-0.15, -0.1) is 0 Å². The Hall–Kier alpha value is -1.69. The number of carbonyl (C=O) groups excluding carboxylic acids is 3. The van der Waals surface area contributed by atoms with E-state index < -0.39 is 0 Å². The third-order valence-electron chi connectivity index (χ3n) is 2.78. The first kappa shape index (κ1) is 13.7. The van der Waals surface area contributed by atoms with Gasteiger partial charge in [-0.25, -0.2) is 0 Å². The molecule has 0 fully saturated rings. The van der Waals surface area contributed by atoms with E-state index in [4.69, 9.17) is 4.74 Å². The minimum Gasteiger partial charge on any atom is -0.465 e. The van der Waals surface area contributed by atoms with Crippen LogP contribution in [-0.4, -0.2) is 41.2 Å². The minimum absolute atomic E-state index is 0.139. The topological polar surface area (TPSA) is 63.7 Å². The Kier molecular flexibility index (Phi) is 4.31. The van der Waals surface area contributed by atoms with E-state index in [2.05, 4.69) is 15.9 Å². The number of benzene rings is 1. The largest absolute Gasteiger partial charge is 0.465 e. The molecule has 6 heteroatoms. The van der Waals surface area contributed by atoms with Crippen LogP contribution in [0.15, 0.2) is 24.3 Å². The molecule has 0 aromatic heterocycles. The Bertz CT molecular complexity index is 494. The molecule has 0 N–H and O–H groups in total. The molecule has 1 aliphatic rings. The summed E-state index contributed by atoms with van der Waals surface area (Å²) in [4.78, 5) is 36.0. The Balaban J connectivity index is 1.92. The maximum Gasteiger partial charge on any atom is 0.316 e. The number of amides is 2. The normalized spacial score (nSPS) is 13.6. The van der Waals surface area contributed by atoms with Crippen molar-refractivity contribution in [3.05, 3.63) is 35.4 Å². The number of halogens is 1. The Labute approximate surface area is 118 Å². The van der Waals surface area contributed by atoms with Crippen molar-refractivity contribution in [2.75, 3.05) is 18.5 Å². The maximum atomic E-state index is 12.0. The van der Waals surface area contributed by atoms with Crippen LogP contribution in [0.5, 0.6) is 0 Å². The second-order valence-corrected chi connectivity index (χ2v) is 4.58. The van der Waals surface area contributed by atoms with Gasteiger partial charge in [-0.05, 0) is 18.6 Å². The van der Waals surface area contributed by atoms with E-state index in [1.807, 2.05) is 0 Å². The number of nitrogens with zero attached hydrogens (tertiary/aromatic N) is 1. The molecular weight excluding hydrogens is 314 g/mol. The van der Waals surface area contributed by atoms with Gasteiger partial charge in [0.15, 0.2) is 0 Å². The Morgan fingerprint density at radius 1 is 1.16 bits per heavy atom. The van der Waals surface area contributed by atoms with Crippen molar-refractivity contribution in [2.24, 2.45) is 0 Å². The van der Waals surface area contributed by atoms with E-state index in [0.717, 1.165) is 0 Å². The predicted octanol–water partition coefficient (Wildman–Crippen LogP) is 1.61. The van der Waals surface area contributed by atoms with E-state index >= 15 is 0 Å². The van der Waals surface area contributed by atoms with Crippen LogP contribution in [0.3, 0.4) is 0 Å². The summed E-state index contributed by atoms with van der Waals surface area (Å²) in [6.45, 7) is 0.444. The molecule has 0 saturated carbocycles. The molecule has 0 saturated heterocycles. The lowest BCUT2D eigenvalue weighted by molar-refractivity contribution is -0.140. The molecule has 0 spiro atoms. The third-order valence-corrected chi connectivity index (χ3v) is 3.23. The highest BCUT2D eigenvalue weighted by Gasteiger charge is 2.34. The van der Waals surface area contributed by atoms with E-state index in [1.165, 1.54) is 4.90 Å². The van der Waals surface area contributed by atoms with Crippen molar-refractivity contribution in [1.29, 1.82) is 0 Å². The summed E-state index contributed by atoms with van der Waals surface area (Å²) in [5.74, 6) is -0.929. The van der Waals surface area contributed by atoms with Crippen LogP contribution in [-0.2, 0) is 9.53 Å². The maximum absolute atomic E-state index is 12.0. The van der Waals surface area contributed by atoms with Crippen LogP contribution >= 0.6 is 15.9 Å². The number of imide groups is 1. The first-order valence-electron chi connectivity index (χ1n) is 5.82. The zero-order valence-corrected chi connectivity index (χ0v) is 11.7. The second-order valence-electron chi connectivity index (χ2n) is 4.02. The quantitative estimate of drug-likeness (QED) is 0.357. The summed E-state index contributed by atoms with van der Waals surface area (Å²) in [6, 6.07) is 6.73. The molecule has 1 aromatic rings. The first-order chi connectivity index (χ1) is 9.15. The first-order valence-corrected chi connectivity index (χ1v) is 6.94. The zero-order valence-electron chi connectivity index (χ0n) is 10.1.